The Labute approximate surface area is 185 Å². The Morgan fingerprint density at radius 3 is 2.35 bits per heavy atom. The highest BCUT2D eigenvalue weighted by molar-refractivity contribution is 6.32. The molecule has 6 nitrogen and oxygen atoms in total. The van der Waals surface area contributed by atoms with Crippen molar-refractivity contribution in [1.29, 1.82) is 0 Å². The minimum absolute atomic E-state index is 0.270. The van der Waals surface area contributed by atoms with Gasteiger partial charge in [-0.3, -0.25) is 9.48 Å². The summed E-state index contributed by atoms with van der Waals surface area (Å²) in [4.78, 5) is 13.0. The molecular formula is C24H20ClN3O3. The Balaban J connectivity index is 1.53. The number of methoxy groups -OCH3 is 1. The van der Waals surface area contributed by atoms with Crippen LogP contribution in [-0.2, 0) is 7.05 Å². The van der Waals surface area contributed by atoms with Crippen molar-refractivity contribution >= 4 is 23.2 Å². The fraction of sp³-hybridized carbons (Fsp3) is 0.0833. The molecule has 0 aliphatic heterocycles. The SMILES string of the molecule is COc1ccccc1-c1nn(C)cc1C(=O)Nc1ccc(Oc2ccccc2Cl)cc1. The quantitative estimate of drug-likeness (QED) is 0.417. The van der Waals surface area contributed by atoms with Gasteiger partial charge in [0.2, 0.25) is 0 Å². The monoisotopic (exact) mass is 433 g/mol. The lowest BCUT2D eigenvalue weighted by Gasteiger charge is -2.10. The van der Waals surface area contributed by atoms with Crippen LogP contribution in [0.1, 0.15) is 10.4 Å². The number of aromatic nitrogens is 2. The summed E-state index contributed by atoms with van der Waals surface area (Å²) in [6, 6.07) is 21.8. The number of amides is 1. The molecule has 1 N–H and O–H groups in total. The predicted molar refractivity (Wildman–Crippen MR) is 121 cm³/mol. The molecule has 0 bridgehead atoms. The van der Waals surface area contributed by atoms with Crippen molar-refractivity contribution in [2.24, 2.45) is 7.05 Å². The first-order chi connectivity index (χ1) is 15.0. The molecule has 0 unspecified atom stereocenters. The molecule has 1 aromatic heterocycles. The third-order valence-corrected chi connectivity index (χ3v) is 4.92. The molecule has 0 fully saturated rings. The summed E-state index contributed by atoms with van der Waals surface area (Å²) in [5, 5.41) is 7.90. The topological polar surface area (TPSA) is 65.4 Å². The average molecular weight is 434 g/mol. The van der Waals surface area contributed by atoms with Gasteiger partial charge in [-0.1, -0.05) is 35.9 Å². The molecule has 0 saturated carbocycles. The van der Waals surface area contributed by atoms with Gasteiger partial charge in [-0.25, -0.2) is 0 Å². The van der Waals surface area contributed by atoms with Gasteiger partial charge in [0.05, 0.1) is 17.7 Å². The van der Waals surface area contributed by atoms with E-state index in [2.05, 4.69) is 10.4 Å². The molecule has 0 aliphatic carbocycles. The molecular weight excluding hydrogens is 414 g/mol. The maximum atomic E-state index is 13.0. The first-order valence-electron chi connectivity index (χ1n) is 9.56. The Morgan fingerprint density at radius 1 is 0.968 bits per heavy atom. The van der Waals surface area contributed by atoms with Gasteiger partial charge in [-0.15, -0.1) is 0 Å². The van der Waals surface area contributed by atoms with E-state index < -0.39 is 0 Å². The Kier molecular flexibility index (Phi) is 5.91. The number of nitrogens with zero attached hydrogens (tertiary/aromatic N) is 2. The molecule has 0 radical (unpaired) electrons. The van der Waals surface area contributed by atoms with E-state index in [-0.39, 0.29) is 5.91 Å². The number of anilines is 1. The highest BCUT2D eigenvalue weighted by atomic mass is 35.5. The van der Waals surface area contributed by atoms with Crippen LogP contribution in [0.2, 0.25) is 5.02 Å². The number of benzene rings is 3. The van der Waals surface area contributed by atoms with E-state index in [9.17, 15) is 4.79 Å². The van der Waals surface area contributed by atoms with Crippen molar-refractivity contribution in [3.63, 3.8) is 0 Å². The summed E-state index contributed by atoms with van der Waals surface area (Å²) in [6.45, 7) is 0. The largest absolute Gasteiger partial charge is 0.496 e. The van der Waals surface area contributed by atoms with Crippen LogP contribution in [0.3, 0.4) is 0 Å². The second kappa shape index (κ2) is 8.93. The summed E-state index contributed by atoms with van der Waals surface area (Å²) in [7, 11) is 3.37. The van der Waals surface area contributed by atoms with Gasteiger partial charge in [0.1, 0.15) is 22.9 Å². The summed E-state index contributed by atoms with van der Waals surface area (Å²) >= 11 is 6.13. The third kappa shape index (κ3) is 4.54. The molecule has 1 amide bonds. The number of carbonyl (C=O) groups is 1. The molecule has 0 spiro atoms. The number of hydrogen-bond donors (Lipinski definition) is 1. The Hall–Kier alpha value is -3.77. The lowest BCUT2D eigenvalue weighted by Crippen LogP contribution is -2.12. The molecule has 0 atom stereocenters. The van der Waals surface area contributed by atoms with E-state index in [0.29, 0.717) is 39.2 Å². The smallest absolute Gasteiger partial charge is 0.259 e. The van der Waals surface area contributed by atoms with Crippen LogP contribution in [-0.4, -0.2) is 22.8 Å². The summed E-state index contributed by atoms with van der Waals surface area (Å²) in [6.07, 6.45) is 1.69. The second-order valence-electron chi connectivity index (χ2n) is 6.78. The lowest BCUT2D eigenvalue weighted by atomic mass is 10.1. The van der Waals surface area contributed by atoms with Crippen LogP contribution in [0.5, 0.6) is 17.2 Å². The van der Waals surface area contributed by atoms with Crippen molar-refractivity contribution < 1.29 is 14.3 Å². The molecule has 4 aromatic rings. The summed E-state index contributed by atoms with van der Waals surface area (Å²) in [5.74, 6) is 1.56. The lowest BCUT2D eigenvalue weighted by molar-refractivity contribution is 0.102. The van der Waals surface area contributed by atoms with Crippen LogP contribution >= 0.6 is 11.6 Å². The van der Waals surface area contributed by atoms with Crippen molar-refractivity contribution in [3.8, 4) is 28.5 Å². The predicted octanol–water partition coefficient (Wildman–Crippen LogP) is 5.79. The number of hydrogen-bond acceptors (Lipinski definition) is 4. The third-order valence-electron chi connectivity index (χ3n) is 4.61. The van der Waals surface area contributed by atoms with Gasteiger partial charge >= 0.3 is 0 Å². The number of aryl methyl sites for hydroxylation is 1. The number of carbonyl (C=O) groups excluding carboxylic acids is 1. The zero-order valence-electron chi connectivity index (χ0n) is 17.0. The van der Waals surface area contributed by atoms with Gasteiger partial charge < -0.3 is 14.8 Å². The van der Waals surface area contributed by atoms with Gasteiger partial charge in [0.15, 0.2) is 0 Å². The second-order valence-corrected chi connectivity index (χ2v) is 7.18. The maximum absolute atomic E-state index is 13.0. The Morgan fingerprint density at radius 2 is 1.65 bits per heavy atom. The van der Waals surface area contributed by atoms with E-state index in [4.69, 9.17) is 21.1 Å². The first kappa shape index (κ1) is 20.5. The number of halogens is 1. The van der Waals surface area contributed by atoms with E-state index in [0.717, 1.165) is 5.56 Å². The molecule has 1 heterocycles. The number of rotatable bonds is 6. The van der Waals surface area contributed by atoms with Crippen molar-refractivity contribution in [3.05, 3.63) is 89.6 Å². The van der Waals surface area contributed by atoms with Gasteiger partial charge in [0, 0.05) is 24.5 Å². The van der Waals surface area contributed by atoms with Crippen LogP contribution in [0.15, 0.2) is 79.0 Å². The molecule has 156 valence electrons. The summed E-state index contributed by atoms with van der Waals surface area (Å²) < 4.78 is 12.8. The minimum atomic E-state index is -0.270. The van der Waals surface area contributed by atoms with Gasteiger partial charge in [-0.05, 0) is 48.5 Å². The van der Waals surface area contributed by atoms with E-state index in [1.54, 1.807) is 61.4 Å². The molecule has 0 aliphatic rings. The van der Waals surface area contributed by atoms with Crippen molar-refractivity contribution in [1.82, 2.24) is 9.78 Å². The fourth-order valence-corrected chi connectivity index (χ4v) is 3.33. The number of ether oxygens (including phenoxy) is 2. The van der Waals surface area contributed by atoms with Crippen molar-refractivity contribution in [2.75, 3.05) is 12.4 Å². The van der Waals surface area contributed by atoms with Crippen LogP contribution in [0.25, 0.3) is 11.3 Å². The summed E-state index contributed by atoms with van der Waals surface area (Å²) in [5.41, 5.74) is 2.38. The molecule has 7 heteroatoms. The van der Waals surface area contributed by atoms with Gasteiger partial charge in [-0.2, -0.15) is 5.10 Å². The normalized spacial score (nSPS) is 10.5. The standard InChI is InChI=1S/C24H20ClN3O3/c1-28-15-19(23(27-28)18-7-3-5-9-21(18)30-2)24(29)26-16-11-13-17(14-12-16)31-22-10-6-4-8-20(22)25/h3-15H,1-2H3,(H,26,29). The Bertz CT molecular complexity index is 1220. The number of para-hydroxylation sites is 2. The average Bonchev–Trinajstić information content (AvgIpc) is 3.18. The molecule has 31 heavy (non-hydrogen) atoms. The van der Waals surface area contributed by atoms with Gasteiger partial charge in [0.25, 0.3) is 5.91 Å². The van der Waals surface area contributed by atoms with E-state index >= 15 is 0 Å². The maximum Gasteiger partial charge on any atom is 0.259 e. The molecule has 4 rings (SSSR count). The van der Waals surface area contributed by atoms with Crippen LogP contribution < -0.4 is 14.8 Å². The highest BCUT2D eigenvalue weighted by Crippen LogP contribution is 2.32. The van der Waals surface area contributed by atoms with E-state index in [1.807, 2.05) is 36.4 Å². The molecule has 3 aromatic carbocycles. The van der Waals surface area contributed by atoms with E-state index in [1.165, 1.54) is 0 Å². The van der Waals surface area contributed by atoms with Crippen molar-refractivity contribution in [2.45, 2.75) is 0 Å². The zero-order valence-corrected chi connectivity index (χ0v) is 17.8. The van der Waals surface area contributed by atoms with Crippen LogP contribution in [0.4, 0.5) is 5.69 Å². The molecule has 0 saturated heterocycles. The first-order valence-corrected chi connectivity index (χ1v) is 9.94. The number of nitrogens with one attached hydrogen (secondary N) is 1. The fourth-order valence-electron chi connectivity index (χ4n) is 3.15. The zero-order chi connectivity index (χ0) is 21.8. The van der Waals surface area contributed by atoms with Crippen LogP contribution in [0, 0.1) is 0 Å². The highest BCUT2D eigenvalue weighted by Gasteiger charge is 2.20. The minimum Gasteiger partial charge on any atom is -0.496 e.